The number of benzene rings is 1. The second-order valence-electron chi connectivity index (χ2n) is 5.17. The Hall–Kier alpha value is -2.63. The molecule has 1 aliphatic rings. The van der Waals surface area contributed by atoms with Gasteiger partial charge in [0.05, 0.1) is 17.6 Å². The molecule has 1 aromatic heterocycles. The summed E-state index contributed by atoms with van der Waals surface area (Å²) >= 11 is 0. The van der Waals surface area contributed by atoms with Crippen LogP contribution in [0.2, 0.25) is 0 Å². The van der Waals surface area contributed by atoms with Crippen LogP contribution in [0.25, 0.3) is 0 Å². The lowest BCUT2D eigenvalue weighted by Gasteiger charge is -2.23. The molecule has 2 heterocycles. The molecule has 0 fully saturated rings. The van der Waals surface area contributed by atoms with E-state index < -0.39 is 5.91 Å². The average molecular weight is 284 g/mol. The van der Waals surface area contributed by atoms with Gasteiger partial charge in [0.25, 0.3) is 5.91 Å². The van der Waals surface area contributed by atoms with Gasteiger partial charge >= 0.3 is 0 Å². The molecule has 6 heteroatoms. The van der Waals surface area contributed by atoms with E-state index in [1.54, 1.807) is 36.8 Å². The zero-order valence-corrected chi connectivity index (χ0v) is 11.5. The SMILES string of the molecule is NC(=O)c1ccccc1NC(=O)C1CCn2cncc2C1. The van der Waals surface area contributed by atoms with Crippen LogP contribution in [-0.4, -0.2) is 21.4 Å². The molecule has 0 bridgehead atoms. The first kappa shape index (κ1) is 13.4. The smallest absolute Gasteiger partial charge is 0.250 e. The number of fused-ring (bicyclic) bond motifs is 1. The molecular formula is C15H16N4O2. The number of primary amides is 1. The lowest BCUT2D eigenvalue weighted by atomic mass is 9.95. The molecule has 21 heavy (non-hydrogen) atoms. The lowest BCUT2D eigenvalue weighted by molar-refractivity contribution is -0.120. The van der Waals surface area contributed by atoms with Crippen LogP contribution in [0.4, 0.5) is 5.69 Å². The van der Waals surface area contributed by atoms with E-state index in [1.807, 2.05) is 0 Å². The molecular weight excluding hydrogens is 268 g/mol. The molecule has 0 radical (unpaired) electrons. The fourth-order valence-corrected chi connectivity index (χ4v) is 2.63. The van der Waals surface area contributed by atoms with Crippen LogP contribution < -0.4 is 11.1 Å². The number of imidazole rings is 1. The van der Waals surface area contributed by atoms with Crippen molar-refractivity contribution in [3.63, 3.8) is 0 Å². The van der Waals surface area contributed by atoms with Crippen LogP contribution in [-0.2, 0) is 17.8 Å². The number of nitrogens with two attached hydrogens (primary N) is 1. The maximum absolute atomic E-state index is 12.4. The topological polar surface area (TPSA) is 90.0 Å². The number of nitrogens with one attached hydrogen (secondary N) is 1. The number of carbonyl (C=O) groups excluding carboxylic acids is 2. The Kier molecular flexibility index (Phi) is 3.43. The van der Waals surface area contributed by atoms with Crippen molar-refractivity contribution in [3.8, 4) is 0 Å². The van der Waals surface area contributed by atoms with Crippen LogP contribution in [0.15, 0.2) is 36.8 Å². The first-order valence-corrected chi connectivity index (χ1v) is 6.84. The fraction of sp³-hybridized carbons (Fsp3) is 0.267. The van der Waals surface area contributed by atoms with Gasteiger partial charge in [-0.05, 0) is 18.6 Å². The predicted molar refractivity (Wildman–Crippen MR) is 77.6 cm³/mol. The highest BCUT2D eigenvalue weighted by molar-refractivity contribution is 6.03. The molecule has 6 nitrogen and oxygen atoms in total. The van der Waals surface area contributed by atoms with Crippen molar-refractivity contribution in [2.75, 3.05) is 5.32 Å². The summed E-state index contributed by atoms with van der Waals surface area (Å²) in [5.74, 6) is -0.751. The Morgan fingerprint density at radius 3 is 2.95 bits per heavy atom. The van der Waals surface area contributed by atoms with Gasteiger partial charge in [0.1, 0.15) is 0 Å². The van der Waals surface area contributed by atoms with E-state index in [0.29, 0.717) is 17.7 Å². The number of hydrogen-bond donors (Lipinski definition) is 2. The number of carbonyl (C=O) groups is 2. The van der Waals surface area contributed by atoms with Gasteiger partial charge in [0.2, 0.25) is 5.91 Å². The summed E-state index contributed by atoms with van der Waals surface area (Å²) in [6.07, 6.45) is 4.99. The third-order valence-corrected chi connectivity index (χ3v) is 3.79. The first-order chi connectivity index (χ1) is 10.1. The minimum absolute atomic E-state index is 0.0869. The minimum Gasteiger partial charge on any atom is -0.366 e. The molecule has 0 saturated carbocycles. The number of para-hydroxylation sites is 1. The number of rotatable bonds is 3. The van der Waals surface area contributed by atoms with Crippen molar-refractivity contribution in [2.45, 2.75) is 19.4 Å². The number of anilines is 1. The molecule has 0 saturated heterocycles. The zero-order valence-electron chi connectivity index (χ0n) is 11.5. The molecule has 2 amide bonds. The first-order valence-electron chi connectivity index (χ1n) is 6.84. The predicted octanol–water partition coefficient (Wildman–Crippen LogP) is 1.18. The van der Waals surface area contributed by atoms with Crippen molar-refractivity contribution in [2.24, 2.45) is 11.7 Å². The van der Waals surface area contributed by atoms with Crippen molar-refractivity contribution >= 4 is 17.5 Å². The van der Waals surface area contributed by atoms with Crippen LogP contribution in [0.1, 0.15) is 22.5 Å². The van der Waals surface area contributed by atoms with Gasteiger partial charge in [-0.3, -0.25) is 9.59 Å². The summed E-state index contributed by atoms with van der Waals surface area (Å²) in [6, 6.07) is 6.77. The van der Waals surface area contributed by atoms with Crippen LogP contribution in [0.3, 0.4) is 0 Å². The molecule has 1 unspecified atom stereocenters. The summed E-state index contributed by atoms with van der Waals surface area (Å²) in [6.45, 7) is 0.783. The van der Waals surface area contributed by atoms with Crippen LogP contribution >= 0.6 is 0 Å². The number of aromatic nitrogens is 2. The highest BCUT2D eigenvalue weighted by atomic mass is 16.2. The number of amides is 2. The second-order valence-corrected chi connectivity index (χ2v) is 5.17. The van der Waals surface area contributed by atoms with Gasteiger partial charge in [-0.15, -0.1) is 0 Å². The third-order valence-electron chi connectivity index (χ3n) is 3.79. The van der Waals surface area contributed by atoms with E-state index in [4.69, 9.17) is 5.73 Å². The summed E-state index contributed by atoms with van der Waals surface area (Å²) < 4.78 is 2.06. The van der Waals surface area contributed by atoms with E-state index in [1.165, 1.54) is 0 Å². The van der Waals surface area contributed by atoms with Crippen LogP contribution in [0, 0.1) is 5.92 Å². The van der Waals surface area contributed by atoms with E-state index in [9.17, 15) is 9.59 Å². The molecule has 2 aromatic rings. The molecule has 0 aliphatic carbocycles. The van der Waals surface area contributed by atoms with E-state index in [-0.39, 0.29) is 11.8 Å². The second kappa shape index (κ2) is 5.40. The maximum atomic E-state index is 12.4. The number of hydrogen-bond acceptors (Lipinski definition) is 3. The Bertz CT molecular complexity index is 692. The van der Waals surface area contributed by atoms with Gasteiger partial charge < -0.3 is 15.6 Å². The largest absolute Gasteiger partial charge is 0.366 e. The molecule has 3 N–H and O–H groups in total. The summed E-state index contributed by atoms with van der Waals surface area (Å²) in [5, 5.41) is 2.82. The zero-order chi connectivity index (χ0) is 14.8. The molecule has 0 spiro atoms. The Labute approximate surface area is 122 Å². The van der Waals surface area contributed by atoms with Gasteiger partial charge in [-0.2, -0.15) is 0 Å². The van der Waals surface area contributed by atoms with Crippen molar-refractivity contribution in [1.82, 2.24) is 9.55 Å². The maximum Gasteiger partial charge on any atom is 0.250 e. The Balaban J connectivity index is 1.75. The van der Waals surface area contributed by atoms with Gasteiger partial charge in [-0.1, -0.05) is 12.1 Å². The normalized spacial score (nSPS) is 17.0. The molecule has 1 aliphatic heterocycles. The minimum atomic E-state index is -0.548. The van der Waals surface area contributed by atoms with Gasteiger partial charge in [0, 0.05) is 30.8 Å². The summed E-state index contributed by atoms with van der Waals surface area (Å²) in [4.78, 5) is 27.8. The van der Waals surface area contributed by atoms with E-state index in [0.717, 1.165) is 18.7 Å². The summed E-state index contributed by atoms with van der Waals surface area (Å²) in [5.41, 5.74) is 7.17. The third kappa shape index (κ3) is 2.65. The van der Waals surface area contributed by atoms with Crippen LogP contribution in [0.5, 0.6) is 0 Å². The average Bonchev–Trinajstić information content (AvgIpc) is 2.94. The van der Waals surface area contributed by atoms with Gasteiger partial charge in [0.15, 0.2) is 0 Å². The molecule has 108 valence electrons. The highest BCUT2D eigenvalue weighted by Crippen LogP contribution is 2.22. The van der Waals surface area contributed by atoms with Gasteiger partial charge in [-0.25, -0.2) is 4.98 Å². The van der Waals surface area contributed by atoms with Crippen molar-refractivity contribution in [3.05, 3.63) is 48.0 Å². The van der Waals surface area contributed by atoms with E-state index in [2.05, 4.69) is 14.9 Å². The Morgan fingerprint density at radius 1 is 1.33 bits per heavy atom. The highest BCUT2D eigenvalue weighted by Gasteiger charge is 2.25. The molecule has 1 atom stereocenters. The summed E-state index contributed by atoms with van der Waals surface area (Å²) in [7, 11) is 0. The number of nitrogens with zero attached hydrogens (tertiary/aromatic N) is 2. The van der Waals surface area contributed by atoms with E-state index >= 15 is 0 Å². The lowest BCUT2D eigenvalue weighted by Crippen LogP contribution is -2.30. The number of aryl methyl sites for hydroxylation is 1. The monoisotopic (exact) mass is 284 g/mol. The standard InChI is InChI=1S/C15H16N4O2/c16-14(20)12-3-1-2-4-13(12)18-15(21)10-5-6-19-9-17-8-11(19)7-10/h1-4,8-10H,5-7H2,(H2,16,20)(H,18,21). The Morgan fingerprint density at radius 2 is 2.14 bits per heavy atom. The quantitative estimate of drug-likeness (QED) is 0.887. The van der Waals surface area contributed by atoms with Crippen molar-refractivity contribution < 1.29 is 9.59 Å². The molecule has 3 rings (SSSR count). The molecule has 1 aromatic carbocycles. The fourth-order valence-electron chi connectivity index (χ4n) is 2.63. The van der Waals surface area contributed by atoms with Crippen molar-refractivity contribution in [1.29, 1.82) is 0 Å².